The molecule has 0 fully saturated rings. The van der Waals surface area contributed by atoms with Gasteiger partial charge in [0.05, 0.1) is 11.2 Å². The summed E-state index contributed by atoms with van der Waals surface area (Å²) in [5.41, 5.74) is 0. The Morgan fingerprint density at radius 3 is 2.64 bits per heavy atom. The van der Waals surface area contributed by atoms with E-state index >= 15 is 0 Å². The number of carbonyl (C=O) groups is 1. The van der Waals surface area contributed by atoms with Gasteiger partial charge >= 0.3 is 0 Å². The summed E-state index contributed by atoms with van der Waals surface area (Å²) in [6.45, 7) is 3.55. The fourth-order valence-electron chi connectivity index (χ4n) is 0.632. The molecule has 5 nitrogen and oxygen atoms in total. The van der Waals surface area contributed by atoms with Crippen LogP contribution in [-0.4, -0.2) is 38.6 Å². The Labute approximate surface area is 88.9 Å². The fourth-order valence-corrected chi connectivity index (χ4v) is 1.28. The van der Waals surface area contributed by atoms with Gasteiger partial charge in [-0.2, -0.15) is 8.42 Å². The Morgan fingerprint density at radius 1 is 1.71 bits per heavy atom. The molecule has 0 amide bonds. The lowest BCUT2D eigenvalue weighted by Crippen LogP contribution is -2.34. The molecule has 0 aliphatic rings. The number of carbonyl (C=O) groups excluding carboxylic acids is 1. The summed E-state index contributed by atoms with van der Waals surface area (Å²) in [6.07, 6.45) is 0.623. The molecule has 0 spiro atoms. The van der Waals surface area contributed by atoms with Crippen molar-refractivity contribution in [3.05, 3.63) is 6.92 Å². The van der Waals surface area contributed by atoms with Crippen LogP contribution >= 0.6 is 12.2 Å². The predicted molar refractivity (Wildman–Crippen MR) is 56.4 cm³/mol. The maximum absolute atomic E-state index is 10.7. The van der Waals surface area contributed by atoms with Crippen LogP contribution in [0.3, 0.4) is 0 Å². The van der Waals surface area contributed by atoms with E-state index in [4.69, 9.17) is 12.2 Å². The summed E-state index contributed by atoms with van der Waals surface area (Å²) in [5.74, 6) is 0. The minimum absolute atomic E-state index is 0.0327. The van der Waals surface area contributed by atoms with Gasteiger partial charge in [0.2, 0.25) is 0 Å². The van der Waals surface area contributed by atoms with Crippen molar-refractivity contribution in [2.24, 2.45) is 0 Å². The zero-order valence-corrected chi connectivity index (χ0v) is 9.36. The Hall–Kier alpha value is -0.530. The average molecular weight is 238 g/mol. The first-order chi connectivity index (χ1) is 6.39. The number of aldehydes is 1. The zero-order valence-electron chi connectivity index (χ0n) is 7.73. The number of nitrogens with one attached hydrogen (secondary N) is 1. The Balaban J connectivity index is 4.05. The van der Waals surface area contributed by atoms with Crippen LogP contribution in [0.1, 0.15) is 6.42 Å². The molecule has 7 heteroatoms. The van der Waals surface area contributed by atoms with Crippen LogP contribution in [0, 0.1) is 6.92 Å². The molecule has 0 aromatic carbocycles. The number of rotatable bonds is 6. The molecule has 0 aliphatic carbocycles. The fraction of sp³-hybridized carbons (Fsp3) is 0.571. The third kappa shape index (κ3) is 6.93. The minimum atomic E-state index is -3.62. The van der Waals surface area contributed by atoms with E-state index in [9.17, 15) is 13.2 Å². The van der Waals surface area contributed by atoms with Gasteiger partial charge in [-0.05, 0) is 13.3 Å². The van der Waals surface area contributed by atoms with Crippen LogP contribution in [0.4, 0.5) is 0 Å². The zero-order chi connectivity index (χ0) is 11.2. The molecule has 0 rings (SSSR count). The topological polar surface area (TPSA) is 72.5 Å². The largest absolute Gasteiger partial charge is 0.377 e. The molecule has 14 heavy (non-hydrogen) atoms. The standard InChI is InChI=1S/C7H12NO4S2/c1-3-7(13)8-4-6(5-9)12-14(2,10)11/h5-6H,1,3-4H2,2H3,(H,8,13). The van der Waals surface area contributed by atoms with Gasteiger partial charge in [-0.1, -0.05) is 12.2 Å². The molecule has 1 N–H and O–H groups in total. The number of hydrogen-bond acceptors (Lipinski definition) is 5. The molecule has 1 radical (unpaired) electrons. The molecule has 0 heterocycles. The van der Waals surface area contributed by atoms with Gasteiger partial charge in [0, 0.05) is 6.54 Å². The summed E-state index contributed by atoms with van der Waals surface area (Å²) in [5, 5.41) is 2.65. The van der Waals surface area contributed by atoms with Crippen LogP contribution in [-0.2, 0) is 19.1 Å². The monoisotopic (exact) mass is 238 g/mol. The van der Waals surface area contributed by atoms with Crippen molar-refractivity contribution in [2.45, 2.75) is 12.5 Å². The van der Waals surface area contributed by atoms with Crippen LogP contribution < -0.4 is 5.32 Å². The Morgan fingerprint density at radius 2 is 2.29 bits per heavy atom. The van der Waals surface area contributed by atoms with E-state index in [2.05, 4.69) is 16.4 Å². The van der Waals surface area contributed by atoms with Crippen molar-refractivity contribution >= 4 is 33.6 Å². The molecule has 0 bridgehead atoms. The van der Waals surface area contributed by atoms with Gasteiger partial charge in [-0.15, -0.1) is 0 Å². The van der Waals surface area contributed by atoms with E-state index in [0.29, 0.717) is 17.7 Å². The van der Waals surface area contributed by atoms with E-state index in [1.165, 1.54) is 0 Å². The SMILES string of the molecule is [CH2]CC(=S)NCC(C=O)OS(C)(=O)=O. The molecule has 0 aromatic rings. The third-order valence-electron chi connectivity index (χ3n) is 1.18. The lowest BCUT2D eigenvalue weighted by atomic mass is 10.4. The van der Waals surface area contributed by atoms with Crippen molar-refractivity contribution in [1.29, 1.82) is 0 Å². The third-order valence-corrected chi connectivity index (χ3v) is 2.12. The lowest BCUT2D eigenvalue weighted by Gasteiger charge is -2.11. The average Bonchev–Trinajstić information content (AvgIpc) is 2.09. The molecular weight excluding hydrogens is 226 g/mol. The van der Waals surface area contributed by atoms with Gasteiger partial charge in [0.1, 0.15) is 6.10 Å². The molecule has 81 valence electrons. The van der Waals surface area contributed by atoms with E-state index in [0.717, 1.165) is 6.26 Å². The van der Waals surface area contributed by atoms with Gasteiger partial charge in [-0.25, -0.2) is 0 Å². The van der Waals surface area contributed by atoms with E-state index in [1.807, 2.05) is 0 Å². The van der Waals surface area contributed by atoms with Crippen LogP contribution in [0.5, 0.6) is 0 Å². The second-order valence-electron chi connectivity index (χ2n) is 2.53. The first-order valence-electron chi connectivity index (χ1n) is 3.78. The minimum Gasteiger partial charge on any atom is -0.377 e. The van der Waals surface area contributed by atoms with E-state index in [1.54, 1.807) is 0 Å². The van der Waals surface area contributed by atoms with Gasteiger partial charge in [0.25, 0.3) is 10.1 Å². The normalized spacial score (nSPS) is 13.3. The first kappa shape index (κ1) is 13.5. The van der Waals surface area contributed by atoms with Crippen LogP contribution in [0.25, 0.3) is 0 Å². The molecule has 0 aliphatic heterocycles. The summed E-state index contributed by atoms with van der Waals surface area (Å²) in [4.78, 5) is 10.8. The maximum Gasteiger partial charge on any atom is 0.265 e. The molecule has 1 atom stereocenters. The smallest absolute Gasteiger partial charge is 0.265 e. The van der Waals surface area contributed by atoms with Crippen LogP contribution in [0.15, 0.2) is 0 Å². The Bertz CT molecular complexity index is 299. The highest BCUT2D eigenvalue weighted by atomic mass is 32.2. The summed E-state index contributed by atoms with van der Waals surface area (Å²) in [6, 6.07) is 0. The number of hydrogen-bond donors (Lipinski definition) is 1. The van der Waals surface area contributed by atoms with Gasteiger partial charge < -0.3 is 10.1 Å². The highest BCUT2D eigenvalue weighted by Crippen LogP contribution is 1.94. The predicted octanol–water partition coefficient (Wildman–Crippen LogP) is -0.329. The number of thiocarbonyl (C=S) groups is 1. The van der Waals surface area contributed by atoms with E-state index < -0.39 is 16.2 Å². The summed E-state index contributed by atoms with van der Waals surface area (Å²) >= 11 is 4.77. The molecule has 0 saturated carbocycles. The van der Waals surface area contributed by atoms with Crippen molar-refractivity contribution in [3.8, 4) is 0 Å². The maximum atomic E-state index is 10.7. The van der Waals surface area contributed by atoms with Crippen molar-refractivity contribution in [1.82, 2.24) is 5.32 Å². The first-order valence-corrected chi connectivity index (χ1v) is 6.01. The van der Waals surface area contributed by atoms with Crippen LogP contribution in [0.2, 0.25) is 0 Å². The van der Waals surface area contributed by atoms with Gasteiger partial charge in [0.15, 0.2) is 6.29 Å². The van der Waals surface area contributed by atoms with Crippen molar-refractivity contribution in [2.75, 3.05) is 12.8 Å². The van der Waals surface area contributed by atoms with Crippen molar-refractivity contribution in [3.63, 3.8) is 0 Å². The molecular formula is C7H12NO4S2. The molecule has 0 saturated heterocycles. The highest BCUT2D eigenvalue weighted by Gasteiger charge is 2.14. The second kappa shape index (κ2) is 6.05. The Kier molecular flexibility index (Phi) is 5.82. The molecule has 0 aromatic heterocycles. The molecule has 1 unspecified atom stereocenters. The van der Waals surface area contributed by atoms with Crippen molar-refractivity contribution < 1.29 is 17.4 Å². The van der Waals surface area contributed by atoms with Gasteiger partial charge in [-0.3, -0.25) is 4.18 Å². The highest BCUT2D eigenvalue weighted by molar-refractivity contribution is 7.86. The van der Waals surface area contributed by atoms with E-state index in [-0.39, 0.29) is 6.54 Å². The summed E-state index contributed by atoms with van der Waals surface area (Å²) < 4.78 is 25.8. The second-order valence-corrected chi connectivity index (χ2v) is 4.62. The lowest BCUT2D eigenvalue weighted by molar-refractivity contribution is -0.113. The summed E-state index contributed by atoms with van der Waals surface area (Å²) in [7, 11) is -3.62. The quantitative estimate of drug-likeness (QED) is 0.388.